The lowest BCUT2D eigenvalue weighted by Crippen LogP contribution is -2.16. The summed E-state index contributed by atoms with van der Waals surface area (Å²) in [7, 11) is 0. The van der Waals surface area contributed by atoms with Gasteiger partial charge in [-0.05, 0) is 5.56 Å². The van der Waals surface area contributed by atoms with Gasteiger partial charge in [0, 0.05) is 31.2 Å². The number of thioether (sulfide) groups is 1. The molecule has 0 aliphatic heterocycles. The zero-order valence-electron chi connectivity index (χ0n) is 9.54. The molecule has 0 radical (unpaired) electrons. The van der Waals surface area contributed by atoms with Crippen LogP contribution in [0, 0.1) is 0 Å². The van der Waals surface area contributed by atoms with E-state index in [0.717, 1.165) is 23.9 Å². The van der Waals surface area contributed by atoms with Gasteiger partial charge in [0.15, 0.2) is 0 Å². The Kier molecular flexibility index (Phi) is 5.00. The van der Waals surface area contributed by atoms with Crippen LogP contribution in [0.15, 0.2) is 53.9 Å². The smallest absolute Gasteiger partial charge is 0.114 e. The first-order valence-corrected chi connectivity index (χ1v) is 6.57. The molecule has 0 fully saturated rings. The van der Waals surface area contributed by atoms with E-state index in [1.54, 1.807) is 30.4 Å². The van der Waals surface area contributed by atoms with Gasteiger partial charge in [-0.15, -0.1) is 11.8 Å². The van der Waals surface area contributed by atoms with E-state index < -0.39 is 0 Å². The van der Waals surface area contributed by atoms with E-state index in [1.165, 1.54) is 5.56 Å². The van der Waals surface area contributed by atoms with E-state index in [9.17, 15) is 0 Å². The molecule has 0 spiro atoms. The van der Waals surface area contributed by atoms with E-state index >= 15 is 0 Å². The van der Waals surface area contributed by atoms with Gasteiger partial charge in [-0.3, -0.25) is 4.98 Å². The van der Waals surface area contributed by atoms with Crippen molar-refractivity contribution in [3.63, 3.8) is 0 Å². The Balaban J connectivity index is 1.61. The standard InChI is InChI=1S/C13H15N3S/c1-2-4-12(5-3-1)10-15-8-9-17-13-11-14-6-7-16-13/h1-7,11,15H,8-10H2. The van der Waals surface area contributed by atoms with Crippen molar-refractivity contribution >= 4 is 11.8 Å². The summed E-state index contributed by atoms with van der Waals surface area (Å²) in [5.74, 6) is 1.01. The highest BCUT2D eigenvalue weighted by atomic mass is 32.2. The topological polar surface area (TPSA) is 37.8 Å². The van der Waals surface area contributed by atoms with Crippen molar-refractivity contribution in [2.24, 2.45) is 0 Å². The summed E-state index contributed by atoms with van der Waals surface area (Å²) < 4.78 is 0. The van der Waals surface area contributed by atoms with Crippen LogP contribution >= 0.6 is 11.8 Å². The third kappa shape index (κ3) is 4.54. The second-order valence-electron chi connectivity index (χ2n) is 3.55. The number of rotatable bonds is 6. The van der Waals surface area contributed by atoms with Crippen LogP contribution in [-0.4, -0.2) is 22.3 Å². The van der Waals surface area contributed by atoms with E-state index in [4.69, 9.17) is 0 Å². The first-order chi connectivity index (χ1) is 8.45. The Morgan fingerprint density at radius 2 is 2.00 bits per heavy atom. The van der Waals surface area contributed by atoms with Crippen molar-refractivity contribution in [3.8, 4) is 0 Å². The van der Waals surface area contributed by atoms with Gasteiger partial charge in [-0.2, -0.15) is 0 Å². The van der Waals surface area contributed by atoms with Gasteiger partial charge >= 0.3 is 0 Å². The monoisotopic (exact) mass is 245 g/mol. The Morgan fingerprint density at radius 3 is 2.76 bits per heavy atom. The largest absolute Gasteiger partial charge is 0.312 e. The molecular weight excluding hydrogens is 230 g/mol. The van der Waals surface area contributed by atoms with Crippen LogP contribution < -0.4 is 5.32 Å². The number of nitrogens with zero attached hydrogens (tertiary/aromatic N) is 2. The lowest BCUT2D eigenvalue weighted by atomic mass is 10.2. The fourth-order valence-corrected chi connectivity index (χ4v) is 2.14. The van der Waals surface area contributed by atoms with Crippen LogP contribution in [0.25, 0.3) is 0 Å². The van der Waals surface area contributed by atoms with Gasteiger partial charge in [0.25, 0.3) is 0 Å². The maximum absolute atomic E-state index is 4.21. The Bertz CT molecular complexity index is 378. The van der Waals surface area contributed by atoms with Gasteiger partial charge in [0.2, 0.25) is 0 Å². The van der Waals surface area contributed by atoms with Crippen LogP contribution in [0.1, 0.15) is 5.56 Å². The van der Waals surface area contributed by atoms with Crippen molar-refractivity contribution in [2.75, 3.05) is 12.3 Å². The molecule has 2 aromatic rings. The maximum atomic E-state index is 4.21. The molecule has 0 atom stereocenters. The van der Waals surface area contributed by atoms with Gasteiger partial charge in [-0.1, -0.05) is 30.3 Å². The summed E-state index contributed by atoms with van der Waals surface area (Å²) in [5, 5.41) is 4.38. The average molecular weight is 245 g/mol. The van der Waals surface area contributed by atoms with Crippen LogP contribution in [0.3, 0.4) is 0 Å². The third-order valence-corrected chi connectivity index (χ3v) is 3.16. The Labute approximate surface area is 106 Å². The second kappa shape index (κ2) is 7.04. The molecule has 0 aliphatic rings. The number of hydrogen-bond donors (Lipinski definition) is 1. The van der Waals surface area contributed by atoms with Gasteiger partial charge in [0.1, 0.15) is 5.03 Å². The summed E-state index contributed by atoms with van der Waals surface area (Å²) >= 11 is 1.72. The molecule has 0 amide bonds. The minimum absolute atomic E-state index is 0.919. The molecule has 4 heteroatoms. The molecule has 0 saturated carbocycles. The van der Waals surface area contributed by atoms with Crippen molar-refractivity contribution in [3.05, 3.63) is 54.5 Å². The van der Waals surface area contributed by atoms with Gasteiger partial charge in [0.05, 0.1) is 6.20 Å². The molecule has 2 rings (SSSR count). The quantitative estimate of drug-likeness (QED) is 0.626. The van der Waals surface area contributed by atoms with Crippen LogP contribution in [0.4, 0.5) is 0 Å². The van der Waals surface area contributed by atoms with Crippen molar-refractivity contribution in [2.45, 2.75) is 11.6 Å². The number of hydrogen-bond acceptors (Lipinski definition) is 4. The van der Waals surface area contributed by atoms with Crippen molar-refractivity contribution in [1.82, 2.24) is 15.3 Å². The highest BCUT2D eigenvalue weighted by Gasteiger charge is 1.94. The molecule has 0 saturated heterocycles. The third-order valence-electron chi connectivity index (χ3n) is 2.24. The Morgan fingerprint density at radius 1 is 1.12 bits per heavy atom. The number of aromatic nitrogens is 2. The lowest BCUT2D eigenvalue weighted by molar-refractivity contribution is 0.732. The predicted octanol–water partition coefficient (Wildman–Crippen LogP) is 2.36. The molecule has 88 valence electrons. The minimum Gasteiger partial charge on any atom is -0.312 e. The molecule has 0 bridgehead atoms. The molecule has 1 heterocycles. The van der Waals surface area contributed by atoms with Crippen molar-refractivity contribution in [1.29, 1.82) is 0 Å². The normalized spacial score (nSPS) is 10.4. The fraction of sp³-hybridized carbons (Fsp3) is 0.231. The fourth-order valence-electron chi connectivity index (χ4n) is 1.42. The predicted molar refractivity (Wildman–Crippen MR) is 70.9 cm³/mol. The van der Waals surface area contributed by atoms with Gasteiger partial charge < -0.3 is 5.32 Å². The summed E-state index contributed by atoms with van der Waals surface area (Å²) in [4.78, 5) is 8.23. The zero-order valence-corrected chi connectivity index (χ0v) is 10.4. The highest BCUT2D eigenvalue weighted by molar-refractivity contribution is 7.99. The number of nitrogens with one attached hydrogen (secondary N) is 1. The first kappa shape index (κ1) is 12.1. The maximum Gasteiger partial charge on any atom is 0.114 e. The summed E-state index contributed by atoms with van der Waals surface area (Å²) in [5.41, 5.74) is 1.32. The number of benzene rings is 1. The molecule has 0 aliphatic carbocycles. The highest BCUT2D eigenvalue weighted by Crippen LogP contribution is 2.11. The van der Waals surface area contributed by atoms with E-state index in [0.29, 0.717) is 0 Å². The molecular formula is C13H15N3S. The summed E-state index contributed by atoms with van der Waals surface area (Å²) in [6.45, 7) is 1.89. The molecule has 0 unspecified atom stereocenters. The summed E-state index contributed by atoms with van der Waals surface area (Å²) in [6, 6.07) is 10.4. The molecule has 17 heavy (non-hydrogen) atoms. The summed E-state index contributed by atoms with van der Waals surface area (Å²) in [6.07, 6.45) is 5.21. The Hall–Kier alpha value is -1.39. The molecule has 1 aromatic heterocycles. The van der Waals surface area contributed by atoms with Crippen molar-refractivity contribution < 1.29 is 0 Å². The zero-order chi connectivity index (χ0) is 11.8. The molecule has 1 N–H and O–H groups in total. The molecule has 3 nitrogen and oxygen atoms in total. The lowest BCUT2D eigenvalue weighted by Gasteiger charge is -2.04. The van der Waals surface area contributed by atoms with E-state index in [-0.39, 0.29) is 0 Å². The van der Waals surface area contributed by atoms with Crippen LogP contribution in [0.2, 0.25) is 0 Å². The first-order valence-electron chi connectivity index (χ1n) is 5.58. The molecule has 1 aromatic carbocycles. The minimum atomic E-state index is 0.919. The van der Waals surface area contributed by atoms with E-state index in [2.05, 4.69) is 39.6 Å². The average Bonchev–Trinajstić information content (AvgIpc) is 2.41. The SMILES string of the molecule is c1ccc(CNCCSc2cnccn2)cc1. The van der Waals surface area contributed by atoms with Gasteiger partial charge in [-0.25, -0.2) is 4.98 Å². The van der Waals surface area contributed by atoms with E-state index in [1.807, 2.05) is 6.07 Å². The van der Waals surface area contributed by atoms with Crippen LogP contribution in [-0.2, 0) is 6.54 Å². The second-order valence-corrected chi connectivity index (χ2v) is 4.67. The van der Waals surface area contributed by atoms with Crippen LogP contribution in [0.5, 0.6) is 0 Å².